The zero-order valence-corrected chi connectivity index (χ0v) is 12.8. The second-order valence-electron chi connectivity index (χ2n) is 5.86. The molecule has 21 heavy (non-hydrogen) atoms. The zero-order valence-electron chi connectivity index (χ0n) is 12.0. The van der Waals surface area contributed by atoms with Crippen LogP contribution >= 0.6 is 0 Å². The van der Waals surface area contributed by atoms with E-state index in [1.807, 2.05) is 7.05 Å². The Kier molecular flexibility index (Phi) is 3.67. The Labute approximate surface area is 124 Å². The average Bonchev–Trinajstić information content (AvgIpc) is 2.61. The molecule has 1 aromatic carbocycles. The van der Waals surface area contributed by atoms with Crippen LogP contribution in [0.4, 0.5) is 10.1 Å². The van der Waals surface area contributed by atoms with Gasteiger partial charge in [-0.25, -0.2) is 12.8 Å². The molecule has 1 aromatic rings. The fraction of sp³-hybridized carbons (Fsp3) is 0.571. The number of rotatable bonds is 2. The SMILES string of the molecule is CN1C2CCC1CN(S(=O)(=O)c1c(N)cccc1F)CC2. The molecule has 2 saturated heterocycles. The predicted molar refractivity (Wildman–Crippen MR) is 78.8 cm³/mol. The van der Waals surface area contributed by atoms with E-state index in [4.69, 9.17) is 5.73 Å². The molecule has 2 aliphatic heterocycles. The van der Waals surface area contributed by atoms with Crippen LogP contribution in [0, 0.1) is 5.82 Å². The Bertz CT molecular complexity index is 629. The molecule has 3 rings (SSSR count). The van der Waals surface area contributed by atoms with Crippen molar-refractivity contribution in [2.45, 2.75) is 36.2 Å². The summed E-state index contributed by atoms with van der Waals surface area (Å²) in [5.74, 6) is -0.780. The second-order valence-corrected chi connectivity index (χ2v) is 7.74. The summed E-state index contributed by atoms with van der Waals surface area (Å²) >= 11 is 0. The number of nitrogen functional groups attached to an aromatic ring is 1. The first-order valence-electron chi connectivity index (χ1n) is 7.17. The van der Waals surface area contributed by atoms with Gasteiger partial charge in [0.2, 0.25) is 10.0 Å². The van der Waals surface area contributed by atoms with E-state index in [1.54, 1.807) is 0 Å². The van der Waals surface area contributed by atoms with E-state index in [0.29, 0.717) is 19.1 Å². The number of likely N-dealkylation sites (N-methyl/N-ethyl adjacent to an activating group) is 1. The van der Waals surface area contributed by atoms with Crippen LogP contribution in [-0.4, -0.2) is 49.8 Å². The van der Waals surface area contributed by atoms with Gasteiger partial charge >= 0.3 is 0 Å². The standard InChI is InChI=1S/C14H20FN3O2S/c1-17-10-5-6-11(17)9-18(8-7-10)21(19,20)14-12(15)3-2-4-13(14)16/h2-4,10-11H,5-9,16H2,1H3. The molecule has 2 heterocycles. The van der Waals surface area contributed by atoms with Crippen molar-refractivity contribution in [1.29, 1.82) is 0 Å². The first kappa shape index (κ1) is 14.7. The Morgan fingerprint density at radius 1 is 1.24 bits per heavy atom. The van der Waals surface area contributed by atoms with Crippen LogP contribution in [0.1, 0.15) is 19.3 Å². The molecule has 0 spiro atoms. The Balaban J connectivity index is 1.96. The summed E-state index contributed by atoms with van der Waals surface area (Å²) in [7, 11) is -1.85. The minimum Gasteiger partial charge on any atom is -0.398 e. The van der Waals surface area contributed by atoms with Gasteiger partial charge in [-0.15, -0.1) is 0 Å². The maximum absolute atomic E-state index is 14.0. The summed E-state index contributed by atoms with van der Waals surface area (Å²) in [6.45, 7) is 0.824. The smallest absolute Gasteiger partial charge is 0.248 e. The third-order valence-corrected chi connectivity index (χ3v) is 6.66. The van der Waals surface area contributed by atoms with Gasteiger partial charge in [-0.1, -0.05) is 6.07 Å². The van der Waals surface area contributed by atoms with E-state index >= 15 is 0 Å². The van der Waals surface area contributed by atoms with Crippen LogP contribution in [0.25, 0.3) is 0 Å². The summed E-state index contributed by atoms with van der Waals surface area (Å²) < 4.78 is 40.9. The number of halogens is 1. The van der Waals surface area contributed by atoms with E-state index in [2.05, 4.69) is 4.90 Å². The van der Waals surface area contributed by atoms with Crippen molar-refractivity contribution in [1.82, 2.24) is 9.21 Å². The van der Waals surface area contributed by atoms with E-state index in [-0.39, 0.29) is 16.6 Å². The Morgan fingerprint density at radius 2 is 1.95 bits per heavy atom. The molecular weight excluding hydrogens is 293 g/mol. The molecule has 0 amide bonds. The predicted octanol–water partition coefficient (Wildman–Crippen LogP) is 1.27. The molecule has 2 atom stereocenters. The van der Waals surface area contributed by atoms with Crippen LogP contribution in [0.2, 0.25) is 0 Å². The number of sulfonamides is 1. The number of hydrogen-bond donors (Lipinski definition) is 1. The lowest BCUT2D eigenvalue weighted by atomic mass is 10.1. The lowest BCUT2D eigenvalue weighted by Gasteiger charge is -2.25. The van der Waals surface area contributed by atoms with Crippen molar-refractivity contribution in [2.24, 2.45) is 0 Å². The fourth-order valence-electron chi connectivity index (χ4n) is 3.42. The van der Waals surface area contributed by atoms with Gasteiger partial charge in [0.1, 0.15) is 10.7 Å². The molecule has 7 heteroatoms. The molecule has 0 radical (unpaired) electrons. The van der Waals surface area contributed by atoms with Crippen LogP contribution in [0.3, 0.4) is 0 Å². The fourth-order valence-corrected chi connectivity index (χ4v) is 5.08. The highest BCUT2D eigenvalue weighted by Crippen LogP contribution is 2.32. The Morgan fingerprint density at radius 3 is 2.67 bits per heavy atom. The largest absolute Gasteiger partial charge is 0.398 e. The summed E-state index contributed by atoms with van der Waals surface area (Å²) in [6, 6.07) is 4.61. The van der Waals surface area contributed by atoms with E-state index in [1.165, 1.54) is 16.4 Å². The molecule has 0 aliphatic carbocycles. The molecule has 2 aliphatic rings. The molecular formula is C14H20FN3O2S. The summed E-state index contributed by atoms with van der Waals surface area (Å²) in [6.07, 6.45) is 2.87. The number of nitrogens with zero attached hydrogens (tertiary/aromatic N) is 2. The van der Waals surface area contributed by atoms with Crippen LogP contribution < -0.4 is 5.73 Å². The molecule has 0 saturated carbocycles. The van der Waals surface area contributed by atoms with E-state index < -0.39 is 15.8 Å². The highest BCUT2D eigenvalue weighted by Gasteiger charge is 2.39. The first-order valence-corrected chi connectivity index (χ1v) is 8.61. The maximum Gasteiger partial charge on any atom is 0.248 e. The van der Waals surface area contributed by atoms with Crippen molar-refractivity contribution in [3.8, 4) is 0 Å². The third kappa shape index (κ3) is 2.43. The highest BCUT2D eigenvalue weighted by molar-refractivity contribution is 7.89. The van der Waals surface area contributed by atoms with Crippen LogP contribution in [0.15, 0.2) is 23.1 Å². The zero-order chi connectivity index (χ0) is 15.2. The number of anilines is 1. The first-order chi connectivity index (χ1) is 9.91. The monoisotopic (exact) mass is 313 g/mol. The van der Waals surface area contributed by atoms with Gasteiger partial charge in [0.05, 0.1) is 5.69 Å². The molecule has 2 fully saturated rings. The van der Waals surface area contributed by atoms with Gasteiger partial charge in [0.15, 0.2) is 0 Å². The average molecular weight is 313 g/mol. The molecule has 116 valence electrons. The van der Waals surface area contributed by atoms with Crippen molar-refractivity contribution in [3.63, 3.8) is 0 Å². The summed E-state index contributed by atoms with van der Waals surface area (Å²) in [5, 5.41) is 0. The quantitative estimate of drug-likeness (QED) is 0.835. The molecule has 2 N–H and O–H groups in total. The van der Waals surface area contributed by atoms with Gasteiger partial charge in [-0.05, 0) is 38.4 Å². The van der Waals surface area contributed by atoms with Gasteiger partial charge in [-0.3, -0.25) is 4.90 Å². The van der Waals surface area contributed by atoms with E-state index in [9.17, 15) is 12.8 Å². The summed E-state index contributed by atoms with van der Waals surface area (Å²) in [4.78, 5) is 1.87. The topological polar surface area (TPSA) is 66.6 Å². The third-order valence-electron chi connectivity index (χ3n) is 4.71. The molecule has 5 nitrogen and oxygen atoms in total. The van der Waals surface area contributed by atoms with Crippen molar-refractivity contribution in [3.05, 3.63) is 24.0 Å². The normalized spacial score (nSPS) is 27.7. The molecule has 2 unspecified atom stereocenters. The van der Waals surface area contributed by atoms with E-state index in [0.717, 1.165) is 25.3 Å². The van der Waals surface area contributed by atoms with Gasteiger partial charge in [-0.2, -0.15) is 4.31 Å². The van der Waals surface area contributed by atoms with Crippen molar-refractivity contribution < 1.29 is 12.8 Å². The summed E-state index contributed by atoms with van der Waals surface area (Å²) in [5.41, 5.74) is 5.67. The van der Waals surface area contributed by atoms with Gasteiger partial charge in [0, 0.05) is 25.2 Å². The maximum atomic E-state index is 14.0. The van der Waals surface area contributed by atoms with Gasteiger partial charge in [0.25, 0.3) is 0 Å². The molecule has 2 bridgehead atoms. The number of fused-ring (bicyclic) bond motifs is 2. The highest BCUT2D eigenvalue weighted by atomic mass is 32.2. The number of hydrogen-bond acceptors (Lipinski definition) is 4. The minimum absolute atomic E-state index is 0.0299. The van der Waals surface area contributed by atoms with Crippen LogP contribution in [0.5, 0.6) is 0 Å². The second kappa shape index (κ2) is 5.23. The molecule has 0 aromatic heterocycles. The van der Waals surface area contributed by atoms with Crippen molar-refractivity contribution in [2.75, 3.05) is 25.9 Å². The number of nitrogens with two attached hydrogens (primary N) is 1. The van der Waals surface area contributed by atoms with Gasteiger partial charge < -0.3 is 5.73 Å². The lowest BCUT2D eigenvalue weighted by Crippen LogP contribution is -2.40. The Hall–Kier alpha value is -1.18. The lowest BCUT2D eigenvalue weighted by molar-refractivity contribution is 0.246. The van der Waals surface area contributed by atoms with Crippen LogP contribution in [-0.2, 0) is 10.0 Å². The minimum atomic E-state index is -3.89. The van der Waals surface area contributed by atoms with Crippen molar-refractivity contribution >= 4 is 15.7 Å². The number of benzene rings is 1.